The molecule has 0 saturated heterocycles. The highest BCUT2D eigenvalue weighted by Crippen LogP contribution is 2.35. The fourth-order valence-corrected chi connectivity index (χ4v) is 2.20. The first-order chi connectivity index (χ1) is 8.18. The van der Waals surface area contributed by atoms with Crippen molar-refractivity contribution in [2.75, 3.05) is 5.32 Å². The van der Waals surface area contributed by atoms with Crippen molar-refractivity contribution in [3.8, 4) is 0 Å². The second kappa shape index (κ2) is 5.71. The maximum atomic E-state index is 6.13. The van der Waals surface area contributed by atoms with Crippen LogP contribution in [0.2, 0.25) is 10.0 Å². The van der Waals surface area contributed by atoms with Crippen molar-refractivity contribution in [2.24, 2.45) is 0 Å². The normalized spacial score (nSPS) is 10.3. The molecule has 88 valence electrons. The van der Waals surface area contributed by atoms with Crippen LogP contribution in [0.4, 0.5) is 5.69 Å². The molecule has 5 heteroatoms. The van der Waals surface area contributed by atoms with Crippen LogP contribution in [0.1, 0.15) is 5.56 Å². The molecule has 0 atom stereocenters. The largest absolute Gasteiger partial charge is 0.380 e. The minimum Gasteiger partial charge on any atom is -0.380 e. The summed E-state index contributed by atoms with van der Waals surface area (Å²) in [6.45, 7) is 0.681. The molecular formula is C12H9BrCl2N2. The van der Waals surface area contributed by atoms with Crippen LogP contribution in [0.5, 0.6) is 0 Å². The van der Waals surface area contributed by atoms with Crippen molar-refractivity contribution >= 4 is 44.8 Å². The molecule has 1 heterocycles. The zero-order chi connectivity index (χ0) is 12.3. The molecule has 0 fully saturated rings. The Kier molecular flexibility index (Phi) is 4.26. The average Bonchev–Trinajstić information content (AvgIpc) is 2.36. The molecule has 0 unspecified atom stereocenters. The summed E-state index contributed by atoms with van der Waals surface area (Å²) in [6.07, 6.45) is 3.51. The second-order valence-electron chi connectivity index (χ2n) is 3.43. The van der Waals surface area contributed by atoms with E-state index < -0.39 is 0 Å². The van der Waals surface area contributed by atoms with Gasteiger partial charge < -0.3 is 5.32 Å². The molecule has 2 aromatic rings. The van der Waals surface area contributed by atoms with Gasteiger partial charge in [0.2, 0.25) is 0 Å². The Hall–Kier alpha value is -0.770. The van der Waals surface area contributed by atoms with Gasteiger partial charge in [-0.1, -0.05) is 23.2 Å². The number of hydrogen-bond donors (Lipinski definition) is 1. The maximum Gasteiger partial charge on any atom is 0.0835 e. The Balaban J connectivity index is 2.13. The lowest BCUT2D eigenvalue weighted by molar-refractivity contribution is 1.13. The van der Waals surface area contributed by atoms with Crippen molar-refractivity contribution in [2.45, 2.75) is 6.54 Å². The Labute approximate surface area is 118 Å². The summed E-state index contributed by atoms with van der Waals surface area (Å²) in [7, 11) is 0. The Morgan fingerprint density at radius 1 is 1.06 bits per heavy atom. The molecule has 0 saturated carbocycles. The van der Waals surface area contributed by atoms with Crippen LogP contribution in [0.3, 0.4) is 0 Å². The third kappa shape index (κ3) is 3.12. The van der Waals surface area contributed by atoms with E-state index in [1.165, 1.54) is 0 Å². The summed E-state index contributed by atoms with van der Waals surface area (Å²) in [5, 5.41) is 4.28. The van der Waals surface area contributed by atoms with Crippen LogP contribution in [-0.2, 0) is 6.54 Å². The van der Waals surface area contributed by atoms with E-state index >= 15 is 0 Å². The Morgan fingerprint density at radius 2 is 1.76 bits per heavy atom. The van der Waals surface area contributed by atoms with Gasteiger partial charge in [-0.3, -0.25) is 4.98 Å². The van der Waals surface area contributed by atoms with E-state index in [1.807, 2.05) is 24.3 Å². The summed E-state index contributed by atoms with van der Waals surface area (Å²) in [5.41, 5.74) is 1.95. The van der Waals surface area contributed by atoms with E-state index in [0.717, 1.165) is 15.7 Å². The summed E-state index contributed by atoms with van der Waals surface area (Å²) in [6, 6.07) is 7.64. The molecular weight excluding hydrogens is 323 g/mol. The second-order valence-corrected chi connectivity index (χ2v) is 5.04. The van der Waals surface area contributed by atoms with E-state index in [9.17, 15) is 0 Å². The number of hydrogen-bond acceptors (Lipinski definition) is 2. The molecule has 0 aliphatic carbocycles. The third-order valence-corrected chi connectivity index (χ3v) is 4.04. The van der Waals surface area contributed by atoms with Gasteiger partial charge in [0.25, 0.3) is 0 Å². The fraction of sp³-hybridized carbons (Fsp3) is 0.0833. The van der Waals surface area contributed by atoms with Gasteiger partial charge in [0, 0.05) is 23.4 Å². The zero-order valence-electron chi connectivity index (χ0n) is 8.75. The number of anilines is 1. The highest BCUT2D eigenvalue weighted by Gasteiger charge is 2.07. The highest BCUT2D eigenvalue weighted by molar-refractivity contribution is 9.10. The monoisotopic (exact) mass is 330 g/mol. The lowest BCUT2D eigenvalue weighted by atomic mass is 10.2. The van der Waals surface area contributed by atoms with Gasteiger partial charge in [-0.2, -0.15) is 0 Å². The standard InChI is InChI=1S/C12H9BrCl2N2/c13-9-1-2-10(12(15)11(9)14)17-7-8-3-5-16-6-4-8/h1-6,17H,7H2. The quantitative estimate of drug-likeness (QED) is 0.820. The van der Waals surface area contributed by atoms with E-state index in [4.69, 9.17) is 23.2 Å². The van der Waals surface area contributed by atoms with Gasteiger partial charge >= 0.3 is 0 Å². The van der Waals surface area contributed by atoms with Gasteiger partial charge in [0.1, 0.15) is 0 Å². The minimum atomic E-state index is 0.520. The summed E-state index contributed by atoms with van der Waals surface area (Å²) in [4.78, 5) is 3.96. The minimum absolute atomic E-state index is 0.520. The first kappa shape index (κ1) is 12.7. The summed E-state index contributed by atoms with van der Waals surface area (Å²) >= 11 is 15.5. The zero-order valence-corrected chi connectivity index (χ0v) is 11.9. The van der Waals surface area contributed by atoms with Crippen molar-refractivity contribution in [1.29, 1.82) is 0 Å². The molecule has 0 spiro atoms. The van der Waals surface area contributed by atoms with E-state index in [0.29, 0.717) is 16.6 Å². The van der Waals surface area contributed by atoms with Gasteiger partial charge in [-0.25, -0.2) is 0 Å². The molecule has 0 bridgehead atoms. The van der Waals surface area contributed by atoms with Crippen LogP contribution in [0.25, 0.3) is 0 Å². The molecule has 0 amide bonds. The molecule has 2 rings (SSSR count). The molecule has 1 N–H and O–H groups in total. The first-order valence-corrected chi connectivity index (χ1v) is 6.49. The number of rotatable bonds is 3. The number of pyridine rings is 1. The maximum absolute atomic E-state index is 6.13. The Morgan fingerprint density at radius 3 is 2.47 bits per heavy atom. The summed E-state index contributed by atoms with van der Waals surface area (Å²) < 4.78 is 0.790. The molecule has 0 aliphatic rings. The third-order valence-electron chi connectivity index (χ3n) is 2.27. The number of nitrogens with one attached hydrogen (secondary N) is 1. The smallest absolute Gasteiger partial charge is 0.0835 e. The van der Waals surface area contributed by atoms with Crippen LogP contribution in [0.15, 0.2) is 41.1 Å². The van der Waals surface area contributed by atoms with Gasteiger partial charge in [0.15, 0.2) is 0 Å². The lowest BCUT2D eigenvalue weighted by Gasteiger charge is -2.10. The first-order valence-electron chi connectivity index (χ1n) is 4.95. The van der Waals surface area contributed by atoms with Crippen molar-refractivity contribution in [3.63, 3.8) is 0 Å². The van der Waals surface area contributed by atoms with Gasteiger partial charge in [-0.05, 0) is 45.8 Å². The Bertz CT molecular complexity index is 517. The van der Waals surface area contributed by atoms with Crippen molar-refractivity contribution in [1.82, 2.24) is 4.98 Å². The number of halogens is 3. The van der Waals surface area contributed by atoms with Crippen molar-refractivity contribution < 1.29 is 0 Å². The number of benzene rings is 1. The summed E-state index contributed by atoms with van der Waals surface area (Å²) in [5.74, 6) is 0. The average molecular weight is 332 g/mol. The predicted molar refractivity (Wildman–Crippen MR) is 75.7 cm³/mol. The lowest BCUT2D eigenvalue weighted by Crippen LogP contribution is -2.00. The molecule has 17 heavy (non-hydrogen) atoms. The van der Waals surface area contributed by atoms with E-state index in [2.05, 4.69) is 26.2 Å². The highest BCUT2D eigenvalue weighted by atomic mass is 79.9. The number of nitrogens with zero attached hydrogens (tertiary/aromatic N) is 1. The molecule has 1 aromatic heterocycles. The predicted octanol–water partition coefficient (Wildman–Crippen LogP) is 4.76. The molecule has 1 aromatic carbocycles. The topological polar surface area (TPSA) is 24.9 Å². The van der Waals surface area contributed by atoms with Crippen LogP contribution < -0.4 is 5.32 Å². The van der Waals surface area contributed by atoms with Crippen LogP contribution in [-0.4, -0.2) is 4.98 Å². The number of aromatic nitrogens is 1. The SMILES string of the molecule is Clc1c(Br)ccc(NCc2ccncc2)c1Cl. The van der Waals surface area contributed by atoms with Crippen LogP contribution in [0, 0.1) is 0 Å². The molecule has 0 aliphatic heterocycles. The molecule has 2 nitrogen and oxygen atoms in total. The molecule has 0 radical (unpaired) electrons. The van der Waals surface area contributed by atoms with Gasteiger partial charge in [-0.15, -0.1) is 0 Å². The van der Waals surface area contributed by atoms with Crippen molar-refractivity contribution in [3.05, 3.63) is 56.7 Å². The van der Waals surface area contributed by atoms with Gasteiger partial charge in [0.05, 0.1) is 15.7 Å². The van der Waals surface area contributed by atoms with E-state index in [-0.39, 0.29) is 0 Å². The van der Waals surface area contributed by atoms with Crippen LogP contribution >= 0.6 is 39.1 Å². The van der Waals surface area contributed by atoms with E-state index in [1.54, 1.807) is 12.4 Å². The fourth-order valence-electron chi connectivity index (χ4n) is 1.36.